The van der Waals surface area contributed by atoms with Gasteiger partial charge in [0.15, 0.2) is 0 Å². The number of nitrogens with one attached hydrogen (secondary N) is 1. The Labute approximate surface area is 88.5 Å². The molecule has 0 spiro atoms. The lowest BCUT2D eigenvalue weighted by atomic mass is 10.3. The number of hydrogen-bond donors (Lipinski definition) is 1. The monoisotopic (exact) mass is 258 g/mol. The molecular formula is C8H7BrN2OS. The van der Waals surface area contributed by atoms with Crippen molar-refractivity contribution in [2.24, 2.45) is 0 Å². The van der Waals surface area contributed by atoms with E-state index in [1.807, 2.05) is 17.5 Å². The minimum atomic E-state index is -0.115. The quantitative estimate of drug-likeness (QED) is 0.840. The molecule has 1 N–H and O–H groups in total. The lowest BCUT2D eigenvalue weighted by Gasteiger charge is -1.96. The average Bonchev–Trinajstić information content (AvgIpc) is 2.48. The van der Waals surface area contributed by atoms with Crippen LogP contribution < -0.4 is 5.32 Å². The molecule has 0 radical (unpaired) electrons. The fourth-order valence-electron chi connectivity index (χ4n) is 0.805. The lowest BCUT2D eigenvalue weighted by Crippen LogP contribution is -2.24. The Morgan fingerprint density at radius 3 is 3.08 bits per heavy atom. The molecule has 0 atom stereocenters. The topological polar surface area (TPSA) is 52.9 Å². The van der Waals surface area contributed by atoms with E-state index < -0.39 is 0 Å². The number of nitriles is 1. The number of carbonyl (C=O) groups is 1. The highest BCUT2D eigenvalue weighted by Crippen LogP contribution is 2.19. The van der Waals surface area contributed by atoms with Crippen LogP contribution in [-0.2, 0) is 11.2 Å². The zero-order valence-electron chi connectivity index (χ0n) is 6.71. The molecule has 1 amide bonds. The first-order valence-corrected chi connectivity index (χ1v) is 5.26. The summed E-state index contributed by atoms with van der Waals surface area (Å²) in [7, 11) is 0. The van der Waals surface area contributed by atoms with Crippen molar-refractivity contribution in [1.82, 2.24) is 5.32 Å². The third-order valence-corrected chi connectivity index (χ3v) is 3.02. The smallest absolute Gasteiger partial charge is 0.226 e. The second-order valence-corrected chi connectivity index (χ2v) is 4.25. The zero-order chi connectivity index (χ0) is 9.68. The molecule has 1 aromatic heterocycles. The predicted molar refractivity (Wildman–Crippen MR) is 54.3 cm³/mol. The Bertz CT molecular complexity index is 342. The molecule has 0 aliphatic rings. The van der Waals surface area contributed by atoms with Gasteiger partial charge in [0, 0.05) is 14.7 Å². The summed E-state index contributed by atoms with van der Waals surface area (Å²) in [6.07, 6.45) is 0.345. The Morgan fingerprint density at radius 2 is 2.54 bits per heavy atom. The summed E-state index contributed by atoms with van der Waals surface area (Å²) in [5.74, 6) is -0.115. The van der Waals surface area contributed by atoms with Crippen LogP contribution in [0.2, 0.25) is 0 Å². The maximum Gasteiger partial charge on any atom is 0.226 e. The van der Waals surface area contributed by atoms with E-state index in [2.05, 4.69) is 21.2 Å². The van der Waals surface area contributed by atoms with E-state index in [0.29, 0.717) is 6.42 Å². The molecule has 1 rings (SSSR count). The molecule has 1 heterocycles. The van der Waals surface area contributed by atoms with Gasteiger partial charge in [-0.3, -0.25) is 4.79 Å². The molecule has 5 heteroatoms. The van der Waals surface area contributed by atoms with Crippen LogP contribution in [-0.4, -0.2) is 12.5 Å². The molecule has 0 fully saturated rings. The number of rotatable bonds is 3. The summed E-state index contributed by atoms with van der Waals surface area (Å²) in [6, 6.07) is 3.75. The Balaban J connectivity index is 2.41. The number of thiophene rings is 1. The van der Waals surface area contributed by atoms with Crippen LogP contribution in [0.3, 0.4) is 0 Å². The van der Waals surface area contributed by atoms with Gasteiger partial charge in [0.1, 0.15) is 6.54 Å². The summed E-state index contributed by atoms with van der Waals surface area (Å²) in [6.45, 7) is 0.0748. The summed E-state index contributed by atoms with van der Waals surface area (Å²) in [5, 5.41) is 12.6. The van der Waals surface area contributed by atoms with E-state index >= 15 is 0 Å². The van der Waals surface area contributed by atoms with Crippen LogP contribution in [0.25, 0.3) is 0 Å². The number of nitrogens with zero attached hydrogens (tertiary/aromatic N) is 1. The number of halogens is 1. The van der Waals surface area contributed by atoms with Crippen LogP contribution in [0.4, 0.5) is 0 Å². The van der Waals surface area contributed by atoms with Crippen LogP contribution in [0.15, 0.2) is 15.9 Å². The third-order valence-electron chi connectivity index (χ3n) is 1.32. The first kappa shape index (κ1) is 10.2. The van der Waals surface area contributed by atoms with Gasteiger partial charge >= 0.3 is 0 Å². The molecule has 0 aliphatic heterocycles. The van der Waals surface area contributed by atoms with Gasteiger partial charge in [0.05, 0.1) is 12.5 Å². The molecule has 0 saturated heterocycles. The van der Waals surface area contributed by atoms with Crippen LogP contribution in [0, 0.1) is 11.3 Å². The maximum atomic E-state index is 11.1. The van der Waals surface area contributed by atoms with E-state index in [4.69, 9.17) is 5.26 Å². The van der Waals surface area contributed by atoms with Crippen molar-refractivity contribution >= 4 is 33.2 Å². The van der Waals surface area contributed by atoms with Gasteiger partial charge in [-0.05, 0) is 22.0 Å². The van der Waals surface area contributed by atoms with E-state index in [0.717, 1.165) is 9.35 Å². The van der Waals surface area contributed by atoms with Crippen molar-refractivity contribution in [3.63, 3.8) is 0 Å². The Kier molecular flexibility index (Phi) is 3.93. The van der Waals surface area contributed by atoms with Crippen molar-refractivity contribution in [3.05, 3.63) is 20.8 Å². The lowest BCUT2D eigenvalue weighted by molar-refractivity contribution is -0.120. The molecular weight excluding hydrogens is 252 g/mol. The Morgan fingerprint density at radius 1 is 1.77 bits per heavy atom. The van der Waals surface area contributed by atoms with Gasteiger partial charge in [0.2, 0.25) is 5.91 Å². The molecule has 0 bridgehead atoms. The standard InChI is InChI=1S/C8H7BrN2OS/c9-6-3-7(13-5-6)4-8(12)11-2-1-10/h3,5H,2,4H2,(H,11,12). The van der Waals surface area contributed by atoms with Gasteiger partial charge in [-0.15, -0.1) is 11.3 Å². The molecule has 68 valence electrons. The van der Waals surface area contributed by atoms with E-state index in [-0.39, 0.29) is 12.5 Å². The summed E-state index contributed by atoms with van der Waals surface area (Å²) in [5.41, 5.74) is 0. The first-order chi connectivity index (χ1) is 6.22. The molecule has 1 aromatic rings. The van der Waals surface area contributed by atoms with Crippen LogP contribution in [0.1, 0.15) is 4.88 Å². The van der Waals surface area contributed by atoms with Crippen molar-refractivity contribution in [1.29, 1.82) is 5.26 Å². The average molecular weight is 259 g/mol. The fraction of sp³-hybridized carbons (Fsp3) is 0.250. The molecule has 0 unspecified atom stereocenters. The maximum absolute atomic E-state index is 11.1. The van der Waals surface area contributed by atoms with Gasteiger partial charge in [-0.2, -0.15) is 5.26 Å². The highest BCUT2D eigenvalue weighted by molar-refractivity contribution is 9.10. The molecule has 13 heavy (non-hydrogen) atoms. The third kappa shape index (κ3) is 3.57. The highest BCUT2D eigenvalue weighted by Gasteiger charge is 2.04. The second kappa shape index (κ2) is 5.00. The van der Waals surface area contributed by atoms with Crippen molar-refractivity contribution in [2.75, 3.05) is 6.54 Å². The molecule has 0 saturated carbocycles. The summed E-state index contributed by atoms with van der Waals surface area (Å²) in [4.78, 5) is 12.1. The molecule has 0 aliphatic carbocycles. The first-order valence-electron chi connectivity index (χ1n) is 3.59. The van der Waals surface area contributed by atoms with Gasteiger partial charge < -0.3 is 5.32 Å². The van der Waals surface area contributed by atoms with Crippen LogP contribution >= 0.6 is 27.3 Å². The van der Waals surface area contributed by atoms with Gasteiger partial charge in [-0.1, -0.05) is 0 Å². The minimum Gasteiger partial charge on any atom is -0.343 e. The Hall–Kier alpha value is -0.860. The number of carbonyl (C=O) groups excluding carboxylic acids is 1. The minimum absolute atomic E-state index is 0.0748. The van der Waals surface area contributed by atoms with Crippen molar-refractivity contribution < 1.29 is 4.79 Å². The summed E-state index contributed by atoms with van der Waals surface area (Å²) >= 11 is 4.82. The van der Waals surface area contributed by atoms with Crippen molar-refractivity contribution in [2.45, 2.75) is 6.42 Å². The second-order valence-electron chi connectivity index (χ2n) is 2.34. The van der Waals surface area contributed by atoms with Gasteiger partial charge in [0.25, 0.3) is 0 Å². The summed E-state index contributed by atoms with van der Waals surface area (Å²) < 4.78 is 0.987. The zero-order valence-corrected chi connectivity index (χ0v) is 9.11. The highest BCUT2D eigenvalue weighted by atomic mass is 79.9. The predicted octanol–water partition coefficient (Wildman–Crippen LogP) is 1.69. The largest absolute Gasteiger partial charge is 0.343 e. The molecule has 0 aromatic carbocycles. The van der Waals surface area contributed by atoms with E-state index in [1.54, 1.807) is 0 Å². The van der Waals surface area contributed by atoms with E-state index in [9.17, 15) is 4.79 Å². The van der Waals surface area contributed by atoms with E-state index in [1.165, 1.54) is 11.3 Å². The van der Waals surface area contributed by atoms with Gasteiger partial charge in [-0.25, -0.2) is 0 Å². The van der Waals surface area contributed by atoms with Crippen LogP contribution in [0.5, 0.6) is 0 Å². The molecule has 3 nitrogen and oxygen atoms in total. The van der Waals surface area contributed by atoms with Crippen molar-refractivity contribution in [3.8, 4) is 6.07 Å². The number of amides is 1. The number of hydrogen-bond acceptors (Lipinski definition) is 3. The fourth-order valence-corrected chi connectivity index (χ4v) is 2.26. The SMILES string of the molecule is N#CCNC(=O)Cc1cc(Br)cs1. The normalized spacial score (nSPS) is 9.23.